The van der Waals surface area contributed by atoms with Gasteiger partial charge in [0.15, 0.2) is 5.16 Å². The van der Waals surface area contributed by atoms with Gasteiger partial charge in [-0.15, -0.1) is 10.2 Å². The van der Waals surface area contributed by atoms with Crippen LogP contribution in [0.3, 0.4) is 0 Å². The van der Waals surface area contributed by atoms with Crippen LogP contribution in [0.25, 0.3) is 0 Å². The van der Waals surface area contributed by atoms with Gasteiger partial charge >= 0.3 is 0 Å². The molecule has 1 aliphatic heterocycles. The van der Waals surface area contributed by atoms with E-state index in [9.17, 15) is 0 Å². The van der Waals surface area contributed by atoms with Gasteiger partial charge in [-0.1, -0.05) is 11.8 Å². The second kappa shape index (κ2) is 5.63. The van der Waals surface area contributed by atoms with Crippen molar-refractivity contribution in [2.45, 2.75) is 24.9 Å². The summed E-state index contributed by atoms with van der Waals surface area (Å²) in [5.41, 5.74) is 0.298. The highest BCUT2D eigenvalue weighted by atomic mass is 32.2. The Kier molecular flexibility index (Phi) is 4.38. The molecule has 1 saturated heterocycles. The maximum atomic E-state index is 5.43. The summed E-state index contributed by atoms with van der Waals surface area (Å²) in [6.45, 7) is 3.69. The zero-order valence-corrected chi connectivity index (χ0v) is 12.1. The number of ether oxygens (including phenoxy) is 1. The summed E-state index contributed by atoms with van der Waals surface area (Å²) < 4.78 is 7.47. The van der Waals surface area contributed by atoms with E-state index in [2.05, 4.69) is 22.8 Å². The quantitative estimate of drug-likeness (QED) is 0.672. The molecule has 96 valence electrons. The van der Waals surface area contributed by atoms with E-state index >= 15 is 0 Å². The summed E-state index contributed by atoms with van der Waals surface area (Å²) in [4.78, 5) is 0. The van der Waals surface area contributed by atoms with Gasteiger partial charge < -0.3 is 9.30 Å². The molecule has 2 rings (SSSR count). The Bertz CT molecular complexity index is 375. The standard InChI is InChI=1S/C11H19N3OS2/c1-9-12-13-10(14(9)2)17-8-11(7-16)3-5-15-6-4-11/h16H,3-8H2,1-2H3. The number of aryl methyl sites for hydroxylation is 1. The third kappa shape index (κ3) is 2.98. The van der Waals surface area contributed by atoms with Gasteiger partial charge in [-0.25, -0.2) is 0 Å². The molecule has 1 aromatic rings. The molecule has 1 aromatic heterocycles. The number of thiol groups is 1. The summed E-state index contributed by atoms with van der Waals surface area (Å²) in [5, 5.41) is 9.26. The molecular formula is C11H19N3OS2. The van der Waals surface area contributed by atoms with Gasteiger partial charge in [-0.3, -0.25) is 0 Å². The van der Waals surface area contributed by atoms with Crippen molar-refractivity contribution in [1.29, 1.82) is 0 Å². The fraction of sp³-hybridized carbons (Fsp3) is 0.818. The maximum absolute atomic E-state index is 5.43. The molecule has 0 atom stereocenters. The van der Waals surface area contributed by atoms with E-state index in [1.165, 1.54) is 0 Å². The minimum Gasteiger partial charge on any atom is -0.381 e. The maximum Gasteiger partial charge on any atom is 0.190 e. The lowest BCUT2D eigenvalue weighted by Gasteiger charge is -2.35. The molecule has 17 heavy (non-hydrogen) atoms. The van der Waals surface area contributed by atoms with Crippen molar-refractivity contribution in [2.24, 2.45) is 12.5 Å². The zero-order chi connectivity index (χ0) is 12.3. The van der Waals surface area contributed by atoms with Crippen LogP contribution < -0.4 is 0 Å². The summed E-state index contributed by atoms with van der Waals surface area (Å²) in [7, 11) is 2.01. The monoisotopic (exact) mass is 273 g/mol. The van der Waals surface area contributed by atoms with Crippen LogP contribution in [-0.4, -0.2) is 39.5 Å². The highest BCUT2D eigenvalue weighted by molar-refractivity contribution is 7.99. The molecule has 1 aliphatic rings. The molecule has 0 N–H and O–H groups in total. The highest BCUT2D eigenvalue weighted by Gasteiger charge is 2.31. The van der Waals surface area contributed by atoms with Crippen LogP contribution in [0.15, 0.2) is 5.16 Å². The first-order valence-electron chi connectivity index (χ1n) is 5.84. The minimum absolute atomic E-state index is 0.298. The number of hydrogen-bond acceptors (Lipinski definition) is 5. The molecule has 1 fully saturated rings. The van der Waals surface area contributed by atoms with E-state index in [0.29, 0.717) is 5.41 Å². The molecule has 2 heterocycles. The normalized spacial score (nSPS) is 19.5. The Labute approximate surface area is 112 Å². The van der Waals surface area contributed by atoms with E-state index in [1.807, 2.05) is 18.5 Å². The Morgan fingerprint density at radius 3 is 2.65 bits per heavy atom. The number of hydrogen-bond donors (Lipinski definition) is 1. The summed E-state index contributed by atoms with van der Waals surface area (Å²) in [6, 6.07) is 0. The summed E-state index contributed by atoms with van der Waals surface area (Å²) in [6.07, 6.45) is 2.20. The van der Waals surface area contributed by atoms with Crippen LogP contribution in [0.5, 0.6) is 0 Å². The largest absolute Gasteiger partial charge is 0.381 e. The molecule has 0 spiro atoms. The van der Waals surface area contributed by atoms with Crippen LogP contribution in [0, 0.1) is 12.3 Å². The number of aromatic nitrogens is 3. The van der Waals surface area contributed by atoms with Crippen LogP contribution in [-0.2, 0) is 11.8 Å². The Morgan fingerprint density at radius 1 is 1.41 bits per heavy atom. The fourth-order valence-corrected chi connectivity index (χ4v) is 3.71. The smallest absolute Gasteiger partial charge is 0.190 e. The highest BCUT2D eigenvalue weighted by Crippen LogP contribution is 2.36. The SMILES string of the molecule is Cc1nnc(SCC2(CS)CCOCC2)n1C. The third-order valence-electron chi connectivity index (χ3n) is 3.45. The zero-order valence-electron chi connectivity index (χ0n) is 10.3. The van der Waals surface area contributed by atoms with Gasteiger partial charge in [0.05, 0.1) is 0 Å². The van der Waals surface area contributed by atoms with Crippen molar-refractivity contribution in [3.63, 3.8) is 0 Å². The first-order valence-corrected chi connectivity index (χ1v) is 7.46. The number of thioether (sulfide) groups is 1. The van der Waals surface area contributed by atoms with Gasteiger partial charge in [0.25, 0.3) is 0 Å². The molecule has 0 amide bonds. The van der Waals surface area contributed by atoms with E-state index in [-0.39, 0.29) is 0 Å². The van der Waals surface area contributed by atoms with Gasteiger partial charge in [0.2, 0.25) is 0 Å². The van der Waals surface area contributed by atoms with E-state index in [4.69, 9.17) is 4.74 Å². The Balaban J connectivity index is 1.98. The van der Waals surface area contributed by atoms with E-state index in [0.717, 1.165) is 48.5 Å². The molecule has 0 radical (unpaired) electrons. The first-order chi connectivity index (χ1) is 8.17. The first kappa shape index (κ1) is 13.2. The lowest BCUT2D eigenvalue weighted by Crippen LogP contribution is -2.33. The molecule has 0 unspecified atom stereocenters. The lowest BCUT2D eigenvalue weighted by atomic mass is 9.84. The van der Waals surface area contributed by atoms with Crippen molar-refractivity contribution < 1.29 is 4.74 Å². The van der Waals surface area contributed by atoms with E-state index in [1.54, 1.807) is 11.8 Å². The minimum atomic E-state index is 0.298. The second-order valence-electron chi connectivity index (χ2n) is 4.65. The Hall–Kier alpha value is -0.200. The van der Waals surface area contributed by atoms with Crippen LogP contribution >= 0.6 is 24.4 Å². The summed E-state index contributed by atoms with van der Waals surface area (Å²) in [5.74, 6) is 2.92. The molecule has 0 aromatic carbocycles. The van der Waals surface area contributed by atoms with E-state index < -0.39 is 0 Å². The van der Waals surface area contributed by atoms with Crippen molar-refractivity contribution in [3.05, 3.63) is 5.82 Å². The van der Waals surface area contributed by atoms with Gasteiger partial charge in [0.1, 0.15) is 5.82 Å². The molecule has 0 aliphatic carbocycles. The molecule has 0 saturated carbocycles. The number of nitrogens with zero attached hydrogens (tertiary/aromatic N) is 3. The molecule has 4 nitrogen and oxygen atoms in total. The molecular weight excluding hydrogens is 254 g/mol. The van der Waals surface area contributed by atoms with Gasteiger partial charge in [-0.05, 0) is 30.9 Å². The lowest BCUT2D eigenvalue weighted by molar-refractivity contribution is 0.0370. The molecule has 6 heteroatoms. The molecule has 0 bridgehead atoms. The van der Waals surface area contributed by atoms with Gasteiger partial charge in [0, 0.05) is 26.0 Å². The average Bonchev–Trinajstić information content (AvgIpc) is 2.69. The van der Waals surface area contributed by atoms with Crippen LogP contribution in [0.2, 0.25) is 0 Å². The summed E-state index contributed by atoms with van der Waals surface area (Å²) >= 11 is 6.30. The van der Waals surface area contributed by atoms with Crippen molar-refractivity contribution >= 4 is 24.4 Å². The van der Waals surface area contributed by atoms with Crippen LogP contribution in [0.4, 0.5) is 0 Å². The van der Waals surface area contributed by atoms with Crippen LogP contribution in [0.1, 0.15) is 18.7 Å². The van der Waals surface area contributed by atoms with Crippen molar-refractivity contribution in [1.82, 2.24) is 14.8 Å². The average molecular weight is 273 g/mol. The predicted octanol–water partition coefficient (Wildman–Crippen LogP) is 1.94. The third-order valence-corrected chi connectivity index (χ3v) is 5.49. The second-order valence-corrected chi connectivity index (χ2v) is 5.91. The topological polar surface area (TPSA) is 39.9 Å². The number of rotatable bonds is 4. The van der Waals surface area contributed by atoms with Gasteiger partial charge in [-0.2, -0.15) is 12.6 Å². The van der Waals surface area contributed by atoms with Crippen molar-refractivity contribution in [2.75, 3.05) is 24.7 Å². The van der Waals surface area contributed by atoms with Crippen molar-refractivity contribution in [3.8, 4) is 0 Å². The Morgan fingerprint density at radius 2 is 2.12 bits per heavy atom. The fourth-order valence-electron chi connectivity index (χ4n) is 1.88. The predicted molar refractivity (Wildman–Crippen MR) is 72.8 cm³/mol.